The molecule has 0 bridgehead atoms. The lowest BCUT2D eigenvalue weighted by atomic mass is 10.1. The van der Waals surface area contributed by atoms with Crippen molar-refractivity contribution < 1.29 is 38.2 Å². The lowest BCUT2D eigenvalue weighted by molar-refractivity contribution is -0.887. The van der Waals surface area contributed by atoms with Crippen molar-refractivity contribution in [3.05, 3.63) is 36.5 Å². The number of carbonyl (C=O) groups excluding carboxylic acids is 2. The molecular weight excluding hydrogens is 510 g/mol. The summed E-state index contributed by atoms with van der Waals surface area (Å²) in [5, 5.41) is 9.50. The van der Waals surface area contributed by atoms with Crippen molar-refractivity contribution in [3.8, 4) is 0 Å². The number of ether oxygens (including phenoxy) is 3. The molecule has 2 atom stereocenters. The maximum atomic E-state index is 12.5. The fourth-order valence-corrected chi connectivity index (χ4v) is 3.91. The molecule has 0 aliphatic rings. The number of carbonyl (C=O) groups is 3. The number of quaternary nitrogens is 1. The Morgan fingerprint density at radius 2 is 1.43 bits per heavy atom. The minimum absolute atomic E-state index is 0.0356. The maximum absolute atomic E-state index is 12.5. The van der Waals surface area contributed by atoms with Gasteiger partial charge in [0.15, 0.2) is 12.1 Å². The van der Waals surface area contributed by atoms with Gasteiger partial charge in [0.05, 0.1) is 34.4 Å². The molecule has 0 amide bonds. The summed E-state index contributed by atoms with van der Waals surface area (Å²) in [5.74, 6) is -1.60. The summed E-state index contributed by atoms with van der Waals surface area (Å²) < 4.78 is 16.9. The van der Waals surface area contributed by atoms with Gasteiger partial charge in [-0.05, 0) is 51.4 Å². The van der Waals surface area contributed by atoms with E-state index in [0.717, 1.165) is 38.5 Å². The number of rotatable bonds is 25. The highest BCUT2D eigenvalue weighted by atomic mass is 16.6. The normalized spacial score (nSPS) is 13.7. The predicted molar refractivity (Wildman–Crippen MR) is 160 cm³/mol. The minimum Gasteiger partial charge on any atom is -0.477 e. The first-order valence-electron chi connectivity index (χ1n) is 15.0. The van der Waals surface area contributed by atoms with Crippen LogP contribution in [0.5, 0.6) is 0 Å². The number of hydrogen-bond donors (Lipinski definition) is 1. The van der Waals surface area contributed by atoms with Gasteiger partial charge in [0.2, 0.25) is 0 Å². The zero-order valence-corrected chi connectivity index (χ0v) is 25.8. The summed E-state index contributed by atoms with van der Waals surface area (Å²) >= 11 is 0. The summed E-state index contributed by atoms with van der Waals surface area (Å²) in [6, 6.07) is -0.620. The number of aliphatic carboxylic acids is 1. The largest absolute Gasteiger partial charge is 0.477 e. The van der Waals surface area contributed by atoms with Crippen LogP contribution in [0, 0.1) is 0 Å². The van der Waals surface area contributed by atoms with Gasteiger partial charge in [0.25, 0.3) is 0 Å². The van der Waals surface area contributed by atoms with Gasteiger partial charge in [-0.25, -0.2) is 4.79 Å². The molecule has 40 heavy (non-hydrogen) atoms. The Hall–Kier alpha value is -2.45. The molecule has 0 aromatic heterocycles. The van der Waals surface area contributed by atoms with Crippen molar-refractivity contribution in [2.75, 3.05) is 41.0 Å². The van der Waals surface area contributed by atoms with Gasteiger partial charge in [-0.15, -0.1) is 0 Å². The van der Waals surface area contributed by atoms with Crippen molar-refractivity contribution in [1.29, 1.82) is 0 Å². The Labute approximate surface area is 243 Å². The highest BCUT2D eigenvalue weighted by Gasteiger charge is 2.31. The van der Waals surface area contributed by atoms with Crippen LogP contribution in [0.4, 0.5) is 0 Å². The molecule has 0 radical (unpaired) electrons. The first-order valence-corrected chi connectivity index (χ1v) is 15.0. The number of allylic oxidation sites excluding steroid dienone is 6. The van der Waals surface area contributed by atoms with E-state index in [1.807, 2.05) is 27.2 Å². The second kappa shape index (κ2) is 24.4. The lowest BCUT2D eigenvalue weighted by Gasteiger charge is -2.31. The van der Waals surface area contributed by atoms with E-state index in [-0.39, 0.29) is 49.1 Å². The number of unbranched alkanes of at least 4 members (excludes halogenated alkanes) is 5. The zero-order chi connectivity index (χ0) is 30.1. The molecule has 0 aromatic rings. The third kappa shape index (κ3) is 22.4. The average Bonchev–Trinajstić information content (AvgIpc) is 2.89. The highest BCUT2D eigenvalue weighted by molar-refractivity contribution is 5.72. The molecule has 8 nitrogen and oxygen atoms in total. The molecule has 0 aromatic carbocycles. The number of esters is 2. The molecular formula is C32H56NO7+. The molecule has 1 N–H and O–H groups in total. The van der Waals surface area contributed by atoms with Gasteiger partial charge in [0, 0.05) is 19.3 Å². The Bertz CT molecular complexity index is 768. The zero-order valence-electron chi connectivity index (χ0n) is 25.8. The first-order chi connectivity index (χ1) is 19.1. The lowest BCUT2D eigenvalue weighted by Crippen LogP contribution is -2.50. The van der Waals surface area contributed by atoms with E-state index >= 15 is 0 Å². The molecule has 0 aliphatic carbocycles. The Morgan fingerprint density at radius 1 is 0.775 bits per heavy atom. The van der Waals surface area contributed by atoms with Gasteiger partial charge in [0.1, 0.15) is 6.61 Å². The molecule has 0 heterocycles. The summed E-state index contributed by atoms with van der Waals surface area (Å²) in [4.78, 5) is 36.3. The minimum atomic E-state index is -0.889. The van der Waals surface area contributed by atoms with E-state index in [9.17, 15) is 19.5 Å². The quantitative estimate of drug-likeness (QED) is 0.0591. The molecule has 0 saturated carbocycles. The Kier molecular flexibility index (Phi) is 22.9. The number of carboxylic acid groups (broad SMARTS) is 1. The van der Waals surface area contributed by atoms with Crippen LogP contribution < -0.4 is 0 Å². The smallest absolute Gasteiger partial charge is 0.362 e. The van der Waals surface area contributed by atoms with E-state index in [4.69, 9.17) is 14.2 Å². The molecule has 0 spiro atoms. The summed E-state index contributed by atoms with van der Waals surface area (Å²) in [5.41, 5.74) is 0. The van der Waals surface area contributed by atoms with Gasteiger partial charge in [-0.2, -0.15) is 0 Å². The van der Waals surface area contributed by atoms with Crippen molar-refractivity contribution in [3.63, 3.8) is 0 Å². The van der Waals surface area contributed by atoms with E-state index in [2.05, 4.69) is 44.2 Å². The number of carboxylic acids is 1. The molecule has 0 rings (SSSR count). The van der Waals surface area contributed by atoms with E-state index in [0.29, 0.717) is 19.3 Å². The van der Waals surface area contributed by atoms with Gasteiger partial charge >= 0.3 is 17.9 Å². The van der Waals surface area contributed by atoms with Crippen molar-refractivity contribution >= 4 is 17.9 Å². The molecule has 0 fully saturated rings. The third-order valence-electron chi connectivity index (χ3n) is 6.29. The van der Waals surface area contributed by atoms with Crippen molar-refractivity contribution in [1.82, 2.24) is 0 Å². The van der Waals surface area contributed by atoms with Crippen LogP contribution in [0.3, 0.4) is 0 Å². The van der Waals surface area contributed by atoms with Gasteiger partial charge in [-0.3, -0.25) is 9.59 Å². The van der Waals surface area contributed by atoms with Crippen LogP contribution in [0.15, 0.2) is 36.5 Å². The second-order valence-electron chi connectivity index (χ2n) is 11.0. The summed E-state index contributed by atoms with van der Waals surface area (Å²) in [6.07, 6.45) is 22.4. The first kappa shape index (κ1) is 37.6. The topological polar surface area (TPSA) is 99.1 Å². The van der Waals surface area contributed by atoms with Crippen LogP contribution in [-0.4, -0.2) is 80.6 Å². The summed E-state index contributed by atoms with van der Waals surface area (Å²) in [7, 11) is 5.47. The van der Waals surface area contributed by atoms with E-state index in [1.54, 1.807) is 0 Å². The number of hydrogen-bond acceptors (Lipinski definition) is 6. The highest BCUT2D eigenvalue weighted by Crippen LogP contribution is 2.10. The molecule has 0 aliphatic heterocycles. The van der Waals surface area contributed by atoms with Crippen LogP contribution in [0.25, 0.3) is 0 Å². The predicted octanol–water partition coefficient (Wildman–Crippen LogP) is 6.40. The van der Waals surface area contributed by atoms with Crippen molar-refractivity contribution in [2.45, 2.75) is 109 Å². The van der Waals surface area contributed by atoms with Crippen LogP contribution in [0.2, 0.25) is 0 Å². The summed E-state index contributed by atoms with van der Waals surface area (Å²) in [6.45, 7) is 4.41. The standard InChI is InChI=1S/C32H55NO7/c1-6-8-10-12-14-15-17-19-21-23-31(35)40-28(26-38-25-24-29(32(36)37)33(3,4)5)27-39-30(34)22-20-18-16-13-11-9-7-2/h8,10,14-16,18,28-29H,6-7,9,11-13,17,19-27H2,1-5H3/p+1/b10-8+,15-14+,18-16+. The van der Waals surface area contributed by atoms with Crippen LogP contribution in [0.1, 0.15) is 97.3 Å². The molecule has 230 valence electrons. The fraction of sp³-hybridized carbons (Fsp3) is 0.719. The molecule has 8 heteroatoms. The van der Waals surface area contributed by atoms with Gasteiger partial charge < -0.3 is 23.8 Å². The molecule has 2 unspecified atom stereocenters. The Morgan fingerprint density at radius 3 is 2.08 bits per heavy atom. The fourth-order valence-electron chi connectivity index (χ4n) is 3.91. The van der Waals surface area contributed by atoms with Gasteiger partial charge in [-0.1, -0.05) is 63.1 Å². The monoisotopic (exact) mass is 566 g/mol. The third-order valence-corrected chi connectivity index (χ3v) is 6.29. The second-order valence-corrected chi connectivity index (χ2v) is 11.0. The SMILES string of the molecule is CC/C=C/C/C=C/CCCCC(=O)OC(COCCC(C(=O)O)[N+](C)(C)C)COC(=O)CC/C=C/CCCCC. The Balaban J connectivity index is 4.65. The number of likely N-dealkylation sites (N-methyl/N-ethyl adjacent to an activating group) is 1. The van der Waals surface area contributed by atoms with E-state index in [1.165, 1.54) is 12.8 Å². The van der Waals surface area contributed by atoms with Crippen LogP contribution >= 0.6 is 0 Å². The van der Waals surface area contributed by atoms with Crippen molar-refractivity contribution in [2.24, 2.45) is 0 Å². The average molecular weight is 567 g/mol. The molecule has 0 saturated heterocycles. The van der Waals surface area contributed by atoms with E-state index < -0.39 is 18.1 Å². The number of nitrogens with zero attached hydrogens (tertiary/aromatic N) is 1. The van der Waals surface area contributed by atoms with Crippen LogP contribution in [-0.2, 0) is 28.6 Å². The maximum Gasteiger partial charge on any atom is 0.362 e.